The summed E-state index contributed by atoms with van der Waals surface area (Å²) in [4.78, 5) is 14.1. The van der Waals surface area contributed by atoms with Crippen LogP contribution in [0.2, 0.25) is 0 Å². The summed E-state index contributed by atoms with van der Waals surface area (Å²) >= 11 is 0. The Labute approximate surface area is 157 Å². The van der Waals surface area contributed by atoms with Crippen molar-refractivity contribution in [1.82, 2.24) is 10.2 Å². The van der Waals surface area contributed by atoms with Crippen molar-refractivity contribution >= 4 is 17.5 Å². The fourth-order valence-corrected chi connectivity index (χ4v) is 3.27. The molecular formula is C19H22N4O4. The number of benzene rings is 1. The van der Waals surface area contributed by atoms with Gasteiger partial charge in [0.2, 0.25) is 0 Å². The third-order valence-electron chi connectivity index (χ3n) is 4.69. The number of anilines is 2. The van der Waals surface area contributed by atoms with Crippen LogP contribution in [0.3, 0.4) is 0 Å². The van der Waals surface area contributed by atoms with Crippen LogP contribution in [-0.4, -0.2) is 54.8 Å². The van der Waals surface area contributed by atoms with Crippen molar-refractivity contribution in [3.8, 4) is 5.75 Å². The van der Waals surface area contributed by atoms with Crippen LogP contribution in [-0.2, 0) is 14.3 Å². The van der Waals surface area contributed by atoms with Crippen molar-refractivity contribution in [2.24, 2.45) is 0 Å². The lowest BCUT2D eigenvalue weighted by molar-refractivity contribution is -0.169. The van der Waals surface area contributed by atoms with Crippen LogP contribution in [0.5, 0.6) is 5.75 Å². The van der Waals surface area contributed by atoms with Crippen LogP contribution in [0.25, 0.3) is 0 Å². The van der Waals surface area contributed by atoms with Crippen LogP contribution in [0, 0.1) is 0 Å². The third-order valence-corrected chi connectivity index (χ3v) is 4.69. The lowest BCUT2D eigenvalue weighted by Gasteiger charge is -2.37. The molecule has 1 N–H and O–H groups in total. The van der Waals surface area contributed by atoms with Crippen molar-refractivity contribution in [2.75, 3.05) is 43.1 Å². The van der Waals surface area contributed by atoms with Gasteiger partial charge in [0, 0.05) is 25.9 Å². The molecule has 27 heavy (non-hydrogen) atoms. The smallest absolute Gasteiger partial charge is 0.263 e. The molecule has 2 saturated heterocycles. The normalized spacial score (nSPS) is 18.4. The number of hydrogen-bond acceptors (Lipinski definition) is 7. The molecule has 1 spiro atoms. The number of para-hydroxylation sites is 1. The molecule has 1 aromatic carbocycles. The SMILES string of the molecule is O=C(COc1ccccc1)Nc1ccc(N2CCC3(CC2)OCCO3)nn1. The van der Waals surface area contributed by atoms with E-state index in [0.29, 0.717) is 24.8 Å². The molecule has 142 valence electrons. The molecule has 8 nitrogen and oxygen atoms in total. The first-order valence-electron chi connectivity index (χ1n) is 9.07. The van der Waals surface area contributed by atoms with Gasteiger partial charge in [-0.3, -0.25) is 4.79 Å². The molecule has 2 aliphatic heterocycles. The van der Waals surface area contributed by atoms with E-state index in [1.165, 1.54) is 0 Å². The molecule has 0 bridgehead atoms. The molecule has 3 heterocycles. The average molecular weight is 370 g/mol. The molecule has 2 aromatic rings. The second-order valence-electron chi connectivity index (χ2n) is 6.52. The summed E-state index contributed by atoms with van der Waals surface area (Å²) in [6.07, 6.45) is 1.62. The van der Waals surface area contributed by atoms with E-state index in [-0.39, 0.29) is 12.5 Å². The number of carbonyl (C=O) groups is 1. The summed E-state index contributed by atoms with van der Waals surface area (Å²) in [5, 5.41) is 11.0. The second-order valence-corrected chi connectivity index (χ2v) is 6.52. The summed E-state index contributed by atoms with van der Waals surface area (Å²) in [6.45, 7) is 2.85. The number of nitrogens with one attached hydrogen (secondary N) is 1. The highest BCUT2D eigenvalue weighted by Gasteiger charge is 2.40. The van der Waals surface area contributed by atoms with Crippen molar-refractivity contribution in [3.05, 3.63) is 42.5 Å². The first-order chi connectivity index (χ1) is 13.2. The Morgan fingerprint density at radius 2 is 1.81 bits per heavy atom. The molecule has 4 rings (SSSR count). The largest absolute Gasteiger partial charge is 0.484 e. The van der Waals surface area contributed by atoms with E-state index in [1.807, 2.05) is 24.3 Å². The summed E-state index contributed by atoms with van der Waals surface area (Å²) in [7, 11) is 0. The van der Waals surface area contributed by atoms with Gasteiger partial charge in [0.15, 0.2) is 24.0 Å². The summed E-state index contributed by atoms with van der Waals surface area (Å²) in [5.74, 6) is 1.14. The fourth-order valence-electron chi connectivity index (χ4n) is 3.27. The van der Waals surface area contributed by atoms with Crippen molar-refractivity contribution in [2.45, 2.75) is 18.6 Å². The molecule has 2 aliphatic rings. The number of amides is 1. The molecule has 0 aliphatic carbocycles. The zero-order valence-electron chi connectivity index (χ0n) is 15.0. The van der Waals surface area contributed by atoms with E-state index in [0.717, 1.165) is 31.7 Å². The minimum atomic E-state index is -0.406. The zero-order chi connectivity index (χ0) is 18.5. The number of rotatable bonds is 5. The van der Waals surface area contributed by atoms with Crippen LogP contribution >= 0.6 is 0 Å². The molecule has 1 aromatic heterocycles. The summed E-state index contributed by atoms with van der Waals surface area (Å²) < 4.78 is 16.9. The van der Waals surface area contributed by atoms with Crippen LogP contribution < -0.4 is 15.0 Å². The summed E-state index contributed by atoms with van der Waals surface area (Å²) in [6, 6.07) is 12.8. The van der Waals surface area contributed by atoms with Crippen molar-refractivity contribution in [3.63, 3.8) is 0 Å². The molecule has 1 amide bonds. The maximum absolute atomic E-state index is 12.0. The topological polar surface area (TPSA) is 85.8 Å². The minimum absolute atomic E-state index is 0.0817. The van der Waals surface area contributed by atoms with E-state index < -0.39 is 5.79 Å². The van der Waals surface area contributed by atoms with Crippen molar-refractivity contribution in [1.29, 1.82) is 0 Å². The second kappa shape index (κ2) is 7.89. The average Bonchev–Trinajstić information content (AvgIpc) is 3.16. The highest BCUT2D eigenvalue weighted by Crippen LogP contribution is 2.32. The van der Waals surface area contributed by atoms with Gasteiger partial charge in [0.1, 0.15) is 5.75 Å². The van der Waals surface area contributed by atoms with Gasteiger partial charge in [-0.1, -0.05) is 18.2 Å². The predicted octanol–water partition coefficient (Wildman–Crippen LogP) is 1.84. The molecule has 0 saturated carbocycles. The van der Waals surface area contributed by atoms with Crippen LogP contribution in [0.1, 0.15) is 12.8 Å². The number of hydrogen-bond donors (Lipinski definition) is 1. The quantitative estimate of drug-likeness (QED) is 0.859. The molecule has 0 radical (unpaired) electrons. The molecule has 2 fully saturated rings. The van der Waals surface area contributed by atoms with Gasteiger partial charge in [-0.05, 0) is 24.3 Å². The minimum Gasteiger partial charge on any atom is -0.484 e. The van der Waals surface area contributed by atoms with Crippen LogP contribution in [0.15, 0.2) is 42.5 Å². The first-order valence-corrected chi connectivity index (χ1v) is 9.07. The van der Waals surface area contributed by atoms with E-state index in [2.05, 4.69) is 20.4 Å². The van der Waals surface area contributed by atoms with Gasteiger partial charge < -0.3 is 24.4 Å². The van der Waals surface area contributed by atoms with Gasteiger partial charge in [-0.2, -0.15) is 0 Å². The van der Waals surface area contributed by atoms with Crippen LogP contribution in [0.4, 0.5) is 11.6 Å². The molecule has 0 unspecified atom stereocenters. The Morgan fingerprint density at radius 1 is 1.07 bits per heavy atom. The first kappa shape index (κ1) is 17.7. The maximum atomic E-state index is 12.0. The van der Waals surface area contributed by atoms with Crippen molar-refractivity contribution < 1.29 is 19.0 Å². The van der Waals surface area contributed by atoms with E-state index in [9.17, 15) is 4.79 Å². The fraction of sp³-hybridized carbons (Fsp3) is 0.421. The Kier molecular flexibility index (Phi) is 5.17. The van der Waals surface area contributed by atoms with Gasteiger partial charge in [0.05, 0.1) is 13.2 Å². The Hall–Kier alpha value is -2.71. The third kappa shape index (κ3) is 4.35. The monoisotopic (exact) mass is 370 g/mol. The number of ether oxygens (including phenoxy) is 3. The Morgan fingerprint density at radius 3 is 2.48 bits per heavy atom. The number of carbonyl (C=O) groups excluding carboxylic acids is 1. The predicted molar refractivity (Wildman–Crippen MR) is 98.7 cm³/mol. The maximum Gasteiger partial charge on any atom is 0.263 e. The Balaban J connectivity index is 1.27. The molecular weight excluding hydrogens is 348 g/mol. The van der Waals surface area contributed by atoms with E-state index in [4.69, 9.17) is 14.2 Å². The lowest BCUT2D eigenvalue weighted by Crippen LogP contribution is -2.45. The highest BCUT2D eigenvalue weighted by atomic mass is 16.7. The summed E-state index contributed by atoms with van der Waals surface area (Å²) in [5.41, 5.74) is 0. The number of aromatic nitrogens is 2. The van der Waals surface area contributed by atoms with Gasteiger partial charge in [-0.25, -0.2) is 0 Å². The molecule has 0 atom stereocenters. The number of piperidine rings is 1. The Bertz CT molecular complexity index is 753. The number of nitrogens with zero attached hydrogens (tertiary/aromatic N) is 3. The van der Waals surface area contributed by atoms with E-state index in [1.54, 1.807) is 18.2 Å². The standard InChI is InChI=1S/C19H22N4O4/c24-18(14-25-15-4-2-1-3-5-15)20-16-6-7-17(22-21-16)23-10-8-19(9-11-23)26-12-13-27-19/h1-7H,8-14H2,(H,20,21,24). The lowest BCUT2D eigenvalue weighted by atomic mass is 10.0. The highest BCUT2D eigenvalue weighted by molar-refractivity contribution is 5.90. The molecule has 8 heteroatoms. The zero-order valence-corrected chi connectivity index (χ0v) is 15.0. The van der Waals surface area contributed by atoms with Gasteiger partial charge in [-0.15, -0.1) is 10.2 Å². The van der Waals surface area contributed by atoms with Gasteiger partial charge >= 0.3 is 0 Å². The van der Waals surface area contributed by atoms with Gasteiger partial charge in [0.25, 0.3) is 5.91 Å². The van der Waals surface area contributed by atoms with E-state index >= 15 is 0 Å².